The molecule has 0 aromatic carbocycles. The van der Waals surface area contributed by atoms with Crippen LogP contribution in [0.1, 0.15) is 39.4 Å². The molecule has 20 heavy (non-hydrogen) atoms. The van der Waals surface area contributed by atoms with Crippen LogP contribution in [0.25, 0.3) is 0 Å². The van der Waals surface area contributed by atoms with Crippen molar-refractivity contribution in [3.05, 3.63) is 18.2 Å². The minimum absolute atomic E-state index is 0.313. The molecular formula is C16H30N4. The zero-order valence-corrected chi connectivity index (χ0v) is 13.6. The summed E-state index contributed by atoms with van der Waals surface area (Å²) in [5.41, 5.74) is 6.56. The van der Waals surface area contributed by atoms with Crippen molar-refractivity contribution in [3.8, 4) is 0 Å². The predicted octanol–water partition coefficient (Wildman–Crippen LogP) is 2.25. The number of imidazole rings is 1. The summed E-state index contributed by atoms with van der Waals surface area (Å²) >= 11 is 0. The smallest absolute Gasteiger partial charge is 0.122 e. The molecule has 4 nitrogen and oxygen atoms in total. The Hall–Kier alpha value is -0.870. The Morgan fingerprint density at radius 1 is 1.45 bits per heavy atom. The second kappa shape index (κ2) is 5.86. The molecule has 1 aliphatic carbocycles. The lowest BCUT2D eigenvalue weighted by atomic mass is 9.61. The van der Waals surface area contributed by atoms with Crippen LogP contribution in [-0.4, -0.2) is 34.1 Å². The standard InChI is InChI=1S/C16H30N4/c1-12-14(17)7-6-13(16(12,2)3)10-19(4)11-15-18-8-9-20(15)5/h8-9,12-14H,6-7,10-11,17H2,1-5H3. The molecule has 1 aromatic heterocycles. The van der Waals surface area contributed by atoms with Crippen molar-refractivity contribution >= 4 is 0 Å². The minimum Gasteiger partial charge on any atom is -0.337 e. The minimum atomic E-state index is 0.313. The molecule has 114 valence electrons. The van der Waals surface area contributed by atoms with Crippen molar-refractivity contribution in [2.24, 2.45) is 30.0 Å². The number of nitrogens with zero attached hydrogens (tertiary/aromatic N) is 3. The molecule has 0 radical (unpaired) electrons. The van der Waals surface area contributed by atoms with Gasteiger partial charge in [0.05, 0.1) is 6.54 Å². The summed E-state index contributed by atoms with van der Waals surface area (Å²) in [6.07, 6.45) is 6.28. The monoisotopic (exact) mass is 278 g/mol. The third-order valence-electron chi connectivity index (χ3n) is 5.58. The molecule has 1 heterocycles. The number of aryl methyl sites for hydroxylation is 1. The van der Waals surface area contributed by atoms with E-state index in [1.54, 1.807) is 0 Å². The molecule has 0 bridgehead atoms. The van der Waals surface area contributed by atoms with Gasteiger partial charge in [-0.15, -0.1) is 0 Å². The van der Waals surface area contributed by atoms with Gasteiger partial charge in [0, 0.05) is 32.0 Å². The lowest BCUT2D eigenvalue weighted by Crippen LogP contribution is -2.49. The molecule has 2 rings (SSSR count). The Morgan fingerprint density at radius 3 is 2.75 bits per heavy atom. The van der Waals surface area contributed by atoms with Gasteiger partial charge in [-0.2, -0.15) is 0 Å². The molecule has 0 aliphatic heterocycles. The van der Waals surface area contributed by atoms with Crippen molar-refractivity contribution in [1.82, 2.24) is 14.5 Å². The Labute approximate surface area is 123 Å². The average Bonchev–Trinajstić information content (AvgIpc) is 2.76. The maximum absolute atomic E-state index is 6.25. The van der Waals surface area contributed by atoms with Gasteiger partial charge < -0.3 is 10.3 Å². The molecule has 4 heteroatoms. The van der Waals surface area contributed by atoms with Crippen molar-refractivity contribution in [2.45, 2.75) is 46.2 Å². The van der Waals surface area contributed by atoms with Crippen LogP contribution in [-0.2, 0) is 13.6 Å². The lowest BCUT2D eigenvalue weighted by molar-refractivity contribution is 0.0319. The molecule has 3 atom stereocenters. The third kappa shape index (κ3) is 3.07. The first-order chi connectivity index (χ1) is 9.32. The van der Waals surface area contributed by atoms with Crippen molar-refractivity contribution < 1.29 is 0 Å². The lowest BCUT2D eigenvalue weighted by Gasteiger charge is -2.48. The van der Waals surface area contributed by atoms with E-state index in [0.717, 1.165) is 25.3 Å². The van der Waals surface area contributed by atoms with E-state index in [0.29, 0.717) is 23.3 Å². The van der Waals surface area contributed by atoms with E-state index in [2.05, 4.69) is 49.3 Å². The second-order valence-electron chi connectivity index (χ2n) is 7.20. The van der Waals surface area contributed by atoms with Crippen LogP contribution in [0.5, 0.6) is 0 Å². The van der Waals surface area contributed by atoms with Crippen molar-refractivity contribution in [1.29, 1.82) is 0 Å². The summed E-state index contributed by atoms with van der Waals surface area (Å²) in [5, 5.41) is 0. The molecule has 1 fully saturated rings. The van der Waals surface area contributed by atoms with Crippen LogP contribution in [0.2, 0.25) is 0 Å². The largest absolute Gasteiger partial charge is 0.337 e. The Bertz CT molecular complexity index is 437. The SMILES string of the molecule is CC1C(N)CCC(CN(C)Cc2nccn2C)C1(C)C. The van der Waals surface area contributed by atoms with E-state index >= 15 is 0 Å². The maximum atomic E-state index is 6.25. The summed E-state index contributed by atoms with van der Waals surface area (Å²) in [6.45, 7) is 9.12. The fourth-order valence-electron chi connectivity index (χ4n) is 3.50. The van der Waals surface area contributed by atoms with E-state index in [9.17, 15) is 0 Å². The highest BCUT2D eigenvalue weighted by Gasteiger charge is 2.41. The molecule has 0 spiro atoms. The van der Waals surface area contributed by atoms with E-state index in [4.69, 9.17) is 5.73 Å². The van der Waals surface area contributed by atoms with Crippen LogP contribution >= 0.6 is 0 Å². The first-order valence-corrected chi connectivity index (χ1v) is 7.72. The van der Waals surface area contributed by atoms with E-state index in [1.165, 1.54) is 6.42 Å². The van der Waals surface area contributed by atoms with Crippen LogP contribution in [0.15, 0.2) is 12.4 Å². The van der Waals surface area contributed by atoms with Gasteiger partial charge in [-0.25, -0.2) is 4.98 Å². The van der Waals surface area contributed by atoms with Crippen molar-refractivity contribution in [2.75, 3.05) is 13.6 Å². The van der Waals surface area contributed by atoms with Crippen LogP contribution < -0.4 is 5.73 Å². The van der Waals surface area contributed by atoms with Gasteiger partial charge in [-0.05, 0) is 37.1 Å². The Balaban J connectivity index is 1.97. The van der Waals surface area contributed by atoms with E-state index in [-0.39, 0.29) is 0 Å². The van der Waals surface area contributed by atoms with Gasteiger partial charge in [0.15, 0.2) is 0 Å². The summed E-state index contributed by atoms with van der Waals surface area (Å²) in [5.74, 6) is 2.43. The summed E-state index contributed by atoms with van der Waals surface area (Å²) < 4.78 is 2.10. The molecule has 2 N–H and O–H groups in total. The molecule has 0 saturated heterocycles. The molecule has 1 aliphatic rings. The molecule has 0 amide bonds. The predicted molar refractivity (Wildman–Crippen MR) is 83.2 cm³/mol. The summed E-state index contributed by atoms with van der Waals surface area (Å²) in [7, 11) is 4.26. The first kappa shape index (κ1) is 15.5. The highest BCUT2D eigenvalue weighted by Crippen LogP contribution is 2.44. The zero-order chi connectivity index (χ0) is 14.9. The number of rotatable bonds is 4. The van der Waals surface area contributed by atoms with Crippen LogP contribution in [0.4, 0.5) is 0 Å². The zero-order valence-electron chi connectivity index (χ0n) is 13.6. The third-order valence-corrected chi connectivity index (χ3v) is 5.58. The summed E-state index contributed by atoms with van der Waals surface area (Å²) in [6, 6.07) is 0.362. The average molecular weight is 278 g/mol. The highest BCUT2D eigenvalue weighted by atomic mass is 15.2. The van der Waals surface area contributed by atoms with Gasteiger partial charge >= 0.3 is 0 Å². The number of aromatic nitrogens is 2. The molecule has 3 unspecified atom stereocenters. The normalized spacial score (nSPS) is 29.9. The quantitative estimate of drug-likeness (QED) is 0.919. The molecular weight excluding hydrogens is 248 g/mol. The number of hydrogen-bond acceptors (Lipinski definition) is 3. The fraction of sp³-hybridized carbons (Fsp3) is 0.812. The molecule has 1 saturated carbocycles. The second-order valence-corrected chi connectivity index (χ2v) is 7.20. The van der Waals surface area contributed by atoms with E-state index in [1.807, 2.05) is 12.4 Å². The number of nitrogens with two attached hydrogens (primary N) is 1. The van der Waals surface area contributed by atoms with Gasteiger partial charge in [-0.1, -0.05) is 20.8 Å². The molecule has 1 aromatic rings. The van der Waals surface area contributed by atoms with Gasteiger partial charge in [0.25, 0.3) is 0 Å². The maximum Gasteiger partial charge on any atom is 0.122 e. The van der Waals surface area contributed by atoms with E-state index < -0.39 is 0 Å². The highest BCUT2D eigenvalue weighted by molar-refractivity contribution is 4.95. The Morgan fingerprint density at radius 2 is 2.15 bits per heavy atom. The topological polar surface area (TPSA) is 47.1 Å². The Kier molecular flexibility index (Phi) is 4.55. The van der Waals surface area contributed by atoms with Gasteiger partial charge in [0.2, 0.25) is 0 Å². The number of hydrogen-bond donors (Lipinski definition) is 1. The van der Waals surface area contributed by atoms with Gasteiger partial charge in [-0.3, -0.25) is 4.90 Å². The van der Waals surface area contributed by atoms with Crippen molar-refractivity contribution in [3.63, 3.8) is 0 Å². The van der Waals surface area contributed by atoms with Crippen LogP contribution in [0, 0.1) is 17.3 Å². The summed E-state index contributed by atoms with van der Waals surface area (Å²) in [4.78, 5) is 6.81. The van der Waals surface area contributed by atoms with Gasteiger partial charge in [0.1, 0.15) is 5.82 Å². The first-order valence-electron chi connectivity index (χ1n) is 7.72. The van der Waals surface area contributed by atoms with Crippen LogP contribution in [0.3, 0.4) is 0 Å². The fourth-order valence-corrected chi connectivity index (χ4v) is 3.50.